The van der Waals surface area contributed by atoms with Crippen molar-refractivity contribution in [3.05, 3.63) is 74.6 Å². The standard InChI is InChI=1S/C19H19N3O3/c1-5-15-12(2)18(23)21(3)17-16(15)19(24)22(11-20-17)10-13-6-8-14(25-4)9-7-13/h5-9,11H,1,10H2,2-4H3. The molecule has 6 nitrogen and oxygen atoms in total. The Kier molecular flexibility index (Phi) is 4.27. The van der Waals surface area contributed by atoms with E-state index in [4.69, 9.17) is 4.74 Å². The van der Waals surface area contributed by atoms with E-state index in [1.54, 1.807) is 27.2 Å². The summed E-state index contributed by atoms with van der Waals surface area (Å²) in [6.07, 6.45) is 3.01. The lowest BCUT2D eigenvalue weighted by Crippen LogP contribution is -2.28. The Morgan fingerprint density at radius 3 is 2.48 bits per heavy atom. The van der Waals surface area contributed by atoms with Crippen molar-refractivity contribution in [3.8, 4) is 5.75 Å². The van der Waals surface area contributed by atoms with Gasteiger partial charge in [-0.3, -0.25) is 18.7 Å². The number of methoxy groups -OCH3 is 1. The lowest BCUT2D eigenvalue weighted by Gasteiger charge is -2.12. The number of ether oxygens (including phenoxy) is 1. The van der Waals surface area contributed by atoms with Crippen LogP contribution in [0.5, 0.6) is 5.75 Å². The van der Waals surface area contributed by atoms with Crippen LogP contribution in [0.3, 0.4) is 0 Å². The molecule has 0 aliphatic rings. The van der Waals surface area contributed by atoms with E-state index in [-0.39, 0.29) is 11.1 Å². The van der Waals surface area contributed by atoms with E-state index in [9.17, 15) is 9.59 Å². The fraction of sp³-hybridized carbons (Fsp3) is 0.211. The van der Waals surface area contributed by atoms with Gasteiger partial charge in [-0.05, 0) is 30.2 Å². The molecule has 0 saturated carbocycles. The van der Waals surface area contributed by atoms with Crippen LogP contribution in [0.2, 0.25) is 0 Å². The molecule has 0 amide bonds. The second-order valence-electron chi connectivity index (χ2n) is 5.83. The first-order valence-corrected chi connectivity index (χ1v) is 7.82. The first kappa shape index (κ1) is 16.7. The van der Waals surface area contributed by atoms with E-state index in [1.807, 2.05) is 24.3 Å². The maximum atomic E-state index is 13.0. The summed E-state index contributed by atoms with van der Waals surface area (Å²) >= 11 is 0. The van der Waals surface area contributed by atoms with Crippen LogP contribution in [-0.4, -0.2) is 21.2 Å². The van der Waals surface area contributed by atoms with Crippen LogP contribution in [0.15, 0.2) is 46.8 Å². The summed E-state index contributed by atoms with van der Waals surface area (Å²) in [5, 5.41) is 0.408. The highest BCUT2D eigenvalue weighted by Gasteiger charge is 2.15. The number of hydrogen-bond acceptors (Lipinski definition) is 4. The molecule has 25 heavy (non-hydrogen) atoms. The summed E-state index contributed by atoms with van der Waals surface area (Å²) in [5.41, 5.74) is 1.97. The Morgan fingerprint density at radius 1 is 1.20 bits per heavy atom. The van der Waals surface area contributed by atoms with Crippen LogP contribution in [-0.2, 0) is 13.6 Å². The minimum absolute atomic E-state index is 0.179. The summed E-state index contributed by atoms with van der Waals surface area (Å²) in [4.78, 5) is 29.6. The highest BCUT2D eigenvalue weighted by Crippen LogP contribution is 2.16. The van der Waals surface area contributed by atoms with Crippen molar-refractivity contribution >= 4 is 17.1 Å². The zero-order valence-electron chi connectivity index (χ0n) is 14.4. The van der Waals surface area contributed by atoms with Crippen LogP contribution in [0, 0.1) is 6.92 Å². The molecule has 0 saturated heterocycles. The van der Waals surface area contributed by atoms with Crippen LogP contribution in [0.1, 0.15) is 16.7 Å². The molecule has 0 spiro atoms. The monoisotopic (exact) mass is 337 g/mol. The number of pyridine rings is 1. The van der Waals surface area contributed by atoms with Gasteiger partial charge >= 0.3 is 0 Å². The fourth-order valence-electron chi connectivity index (χ4n) is 2.92. The van der Waals surface area contributed by atoms with Crippen molar-refractivity contribution in [2.75, 3.05) is 7.11 Å². The van der Waals surface area contributed by atoms with Gasteiger partial charge in [0.25, 0.3) is 11.1 Å². The maximum absolute atomic E-state index is 13.0. The molecule has 2 heterocycles. The topological polar surface area (TPSA) is 66.1 Å². The first-order valence-electron chi connectivity index (χ1n) is 7.82. The van der Waals surface area contributed by atoms with E-state index < -0.39 is 0 Å². The number of rotatable bonds is 4. The zero-order chi connectivity index (χ0) is 18.1. The normalized spacial score (nSPS) is 10.8. The molecule has 0 unspecified atom stereocenters. The summed E-state index contributed by atoms with van der Waals surface area (Å²) in [5.74, 6) is 0.757. The smallest absolute Gasteiger partial charge is 0.263 e. The molecule has 128 valence electrons. The molecule has 0 fully saturated rings. The van der Waals surface area contributed by atoms with Crippen LogP contribution in [0.25, 0.3) is 17.1 Å². The van der Waals surface area contributed by atoms with Crippen molar-refractivity contribution in [3.63, 3.8) is 0 Å². The summed E-state index contributed by atoms with van der Waals surface area (Å²) in [6, 6.07) is 7.49. The molecular formula is C19H19N3O3. The van der Waals surface area contributed by atoms with Crippen molar-refractivity contribution in [2.45, 2.75) is 13.5 Å². The number of nitrogens with zero attached hydrogens (tertiary/aromatic N) is 3. The van der Waals surface area contributed by atoms with Gasteiger partial charge in [0.2, 0.25) is 0 Å². The average molecular weight is 337 g/mol. The van der Waals surface area contributed by atoms with E-state index in [2.05, 4.69) is 11.6 Å². The fourth-order valence-corrected chi connectivity index (χ4v) is 2.92. The number of hydrogen-bond donors (Lipinski definition) is 0. The Hall–Kier alpha value is -3.15. The maximum Gasteiger partial charge on any atom is 0.263 e. The molecule has 0 bridgehead atoms. The average Bonchev–Trinajstić information content (AvgIpc) is 2.63. The van der Waals surface area contributed by atoms with E-state index in [1.165, 1.54) is 15.5 Å². The van der Waals surface area contributed by atoms with E-state index >= 15 is 0 Å². The van der Waals surface area contributed by atoms with Crippen molar-refractivity contribution in [2.24, 2.45) is 7.05 Å². The Labute approximate surface area is 144 Å². The SMILES string of the molecule is C=Cc1c(C)c(=O)n(C)c2ncn(Cc3ccc(OC)cc3)c(=O)c12. The van der Waals surface area contributed by atoms with Gasteiger partial charge in [-0.2, -0.15) is 0 Å². The molecule has 2 aromatic heterocycles. The van der Waals surface area contributed by atoms with Gasteiger partial charge in [-0.1, -0.05) is 24.8 Å². The van der Waals surface area contributed by atoms with Gasteiger partial charge in [-0.15, -0.1) is 0 Å². The summed E-state index contributed by atoms with van der Waals surface area (Å²) < 4.78 is 8.07. The van der Waals surface area contributed by atoms with E-state index in [0.717, 1.165) is 11.3 Å². The van der Waals surface area contributed by atoms with Crippen LogP contribution < -0.4 is 15.9 Å². The molecule has 0 radical (unpaired) electrons. The van der Waals surface area contributed by atoms with Gasteiger partial charge in [0.15, 0.2) is 0 Å². The van der Waals surface area contributed by atoms with Gasteiger partial charge in [0, 0.05) is 12.6 Å². The Balaban J connectivity index is 2.19. The lowest BCUT2D eigenvalue weighted by atomic mass is 10.1. The second-order valence-corrected chi connectivity index (χ2v) is 5.83. The molecule has 1 aromatic carbocycles. The molecule has 0 atom stereocenters. The van der Waals surface area contributed by atoms with Gasteiger partial charge in [0.1, 0.15) is 17.7 Å². The zero-order valence-corrected chi connectivity index (χ0v) is 14.4. The lowest BCUT2D eigenvalue weighted by molar-refractivity contribution is 0.414. The number of fused-ring (bicyclic) bond motifs is 1. The molecular weight excluding hydrogens is 318 g/mol. The van der Waals surface area contributed by atoms with Crippen molar-refractivity contribution in [1.29, 1.82) is 0 Å². The van der Waals surface area contributed by atoms with Crippen molar-refractivity contribution in [1.82, 2.24) is 14.1 Å². The third kappa shape index (κ3) is 2.76. The Morgan fingerprint density at radius 2 is 1.88 bits per heavy atom. The van der Waals surface area contributed by atoms with Crippen LogP contribution >= 0.6 is 0 Å². The molecule has 3 aromatic rings. The molecule has 0 aliphatic carbocycles. The highest BCUT2D eigenvalue weighted by atomic mass is 16.5. The predicted octanol–water partition coefficient (Wildman–Crippen LogP) is 2.10. The predicted molar refractivity (Wildman–Crippen MR) is 98.2 cm³/mol. The second kappa shape index (κ2) is 6.39. The molecule has 0 N–H and O–H groups in total. The highest BCUT2D eigenvalue weighted by molar-refractivity contribution is 5.85. The molecule has 3 rings (SSSR count). The van der Waals surface area contributed by atoms with Crippen molar-refractivity contribution < 1.29 is 4.74 Å². The number of aryl methyl sites for hydroxylation is 1. The Bertz CT molecular complexity index is 1080. The first-order chi connectivity index (χ1) is 12.0. The summed E-state index contributed by atoms with van der Waals surface area (Å²) in [7, 11) is 3.22. The number of aromatic nitrogens is 3. The largest absolute Gasteiger partial charge is 0.497 e. The molecule has 0 aliphatic heterocycles. The third-order valence-corrected chi connectivity index (χ3v) is 4.35. The minimum atomic E-state index is -0.200. The van der Waals surface area contributed by atoms with Gasteiger partial charge in [0.05, 0.1) is 19.0 Å². The summed E-state index contributed by atoms with van der Waals surface area (Å²) in [6.45, 7) is 5.82. The van der Waals surface area contributed by atoms with Crippen LogP contribution in [0.4, 0.5) is 0 Å². The number of benzene rings is 1. The van der Waals surface area contributed by atoms with Gasteiger partial charge < -0.3 is 4.74 Å². The quantitative estimate of drug-likeness (QED) is 0.731. The van der Waals surface area contributed by atoms with Gasteiger partial charge in [-0.25, -0.2) is 4.98 Å². The minimum Gasteiger partial charge on any atom is -0.497 e. The molecule has 6 heteroatoms. The third-order valence-electron chi connectivity index (χ3n) is 4.35. The van der Waals surface area contributed by atoms with E-state index in [0.29, 0.717) is 28.7 Å².